The second-order valence-electron chi connectivity index (χ2n) is 2.69. The zero-order valence-electron chi connectivity index (χ0n) is 7.58. The Morgan fingerprint density at radius 1 is 1.62 bits per heavy atom. The van der Waals surface area contributed by atoms with Crippen molar-refractivity contribution in [3.05, 3.63) is 42.0 Å². The lowest BCUT2D eigenvalue weighted by Crippen LogP contribution is -1.95. The number of benzene rings is 1. The van der Waals surface area contributed by atoms with Crippen LogP contribution in [0, 0.1) is 18.3 Å². The number of rotatable bonds is 3. The quantitative estimate of drug-likeness (QED) is 0.657. The molecule has 0 aliphatic rings. The summed E-state index contributed by atoms with van der Waals surface area (Å²) >= 11 is 0. The summed E-state index contributed by atoms with van der Waals surface area (Å²) in [5.74, 6) is 0.805. The van der Waals surface area contributed by atoms with E-state index in [2.05, 4.69) is 12.6 Å². The number of ether oxygens (including phenoxy) is 1. The molecule has 0 saturated carbocycles. The molecule has 0 radical (unpaired) electrons. The molecular weight excluding hydrogens is 162 g/mol. The van der Waals surface area contributed by atoms with Gasteiger partial charge in [-0.15, -0.1) is 0 Å². The predicted octanol–water partition coefficient (Wildman–Crippen LogP) is 2.43. The van der Waals surface area contributed by atoms with E-state index in [-0.39, 0.29) is 0 Å². The minimum Gasteiger partial charge on any atom is -0.489 e. The first-order valence-corrected chi connectivity index (χ1v) is 4.02. The molecule has 1 aromatic carbocycles. The van der Waals surface area contributed by atoms with Crippen molar-refractivity contribution in [2.24, 2.45) is 0 Å². The Balaban J connectivity index is 2.86. The molecule has 0 N–H and O–H groups in total. The third-order valence-electron chi connectivity index (χ3n) is 1.66. The lowest BCUT2D eigenvalue weighted by Gasteiger charge is -2.06. The molecule has 0 unspecified atom stereocenters. The highest BCUT2D eigenvalue weighted by Gasteiger charge is 1.99. The van der Waals surface area contributed by atoms with Gasteiger partial charge in [0, 0.05) is 0 Å². The summed E-state index contributed by atoms with van der Waals surface area (Å²) in [7, 11) is 0. The summed E-state index contributed by atoms with van der Waals surface area (Å²) in [6.45, 7) is 5.97. The van der Waals surface area contributed by atoms with Gasteiger partial charge in [0.15, 0.2) is 0 Å². The van der Waals surface area contributed by atoms with Crippen LogP contribution < -0.4 is 4.74 Å². The molecule has 1 rings (SSSR count). The van der Waals surface area contributed by atoms with Crippen LogP contribution in [0.2, 0.25) is 0 Å². The van der Waals surface area contributed by atoms with E-state index in [0.717, 1.165) is 11.3 Å². The maximum Gasteiger partial charge on any atom is 0.122 e. The minimum absolute atomic E-state index is 0.493. The van der Waals surface area contributed by atoms with Crippen molar-refractivity contribution >= 4 is 0 Å². The van der Waals surface area contributed by atoms with Crippen LogP contribution in [-0.2, 0) is 0 Å². The molecule has 0 aliphatic heterocycles. The molecule has 2 nitrogen and oxygen atoms in total. The Bertz CT molecular complexity index is 350. The van der Waals surface area contributed by atoms with Crippen LogP contribution in [0.15, 0.2) is 30.9 Å². The monoisotopic (exact) mass is 173 g/mol. The average molecular weight is 173 g/mol. The van der Waals surface area contributed by atoms with Crippen LogP contribution in [-0.4, -0.2) is 6.61 Å². The molecule has 1 aromatic rings. The Labute approximate surface area is 78.1 Å². The van der Waals surface area contributed by atoms with E-state index < -0.39 is 0 Å². The largest absolute Gasteiger partial charge is 0.489 e. The summed E-state index contributed by atoms with van der Waals surface area (Å²) in [5.41, 5.74) is 1.63. The van der Waals surface area contributed by atoms with Crippen molar-refractivity contribution in [3.8, 4) is 11.8 Å². The molecule has 0 spiro atoms. The molecule has 0 bridgehead atoms. The van der Waals surface area contributed by atoms with Crippen molar-refractivity contribution in [3.63, 3.8) is 0 Å². The highest BCUT2D eigenvalue weighted by molar-refractivity contribution is 5.41. The van der Waals surface area contributed by atoms with Crippen molar-refractivity contribution in [1.29, 1.82) is 5.26 Å². The summed E-state index contributed by atoms with van der Waals surface area (Å²) < 4.78 is 5.36. The van der Waals surface area contributed by atoms with Gasteiger partial charge in [-0.25, -0.2) is 0 Å². The standard InChI is InChI=1S/C11H11NO/c1-3-6-13-11-5-4-10(8-12)7-9(11)2/h3-5,7H,1,6H2,2H3. The molecule has 66 valence electrons. The number of aryl methyl sites for hydroxylation is 1. The van der Waals surface area contributed by atoms with E-state index in [1.54, 1.807) is 24.3 Å². The van der Waals surface area contributed by atoms with Gasteiger partial charge in [-0.2, -0.15) is 5.26 Å². The topological polar surface area (TPSA) is 33.0 Å². The number of hydrogen-bond donors (Lipinski definition) is 0. The van der Waals surface area contributed by atoms with E-state index in [1.165, 1.54) is 0 Å². The molecule has 0 fully saturated rings. The first kappa shape index (κ1) is 9.34. The first-order chi connectivity index (χ1) is 6.27. The van der Waals surface area contributed by atoms with E-state index >= 15 is 0 Å². The zero-order chi connectivity index (χ0) is 9.68. The number of hydrogen-bond acceptors (Lipinski definition) is 2. The zero-order valence-corrected chi connectivity index (χ0v) is 7.58. The molecule has 0 saturated heterocycles. The third-order valence-corrected chi connectivity index (χ3v) is 1.66. The van der Waals surface area contributed by atoms with Crippen LogP contribution in [0.25, 0.3) is 0 Å². The Kier molecular flexibility index (Phi) is 3.10. The van der Waals surface area contributed by atoms with Gasteiger partial charge in [0.1, 0.15) is 12.4 Å². The van der Waals surface area contributed by atoms with Crippen molar-refractivity contribution in [1.82, 2.24) is 0 Å². The maximum absolute atomic E-state index is 8.62. The molecule has 0 heterocycles. The third kappa shape index (κ3) is 2.34. The van der Waals surface area contributed by atoms with Gasteiger partial charge in [0.25, 0.3) is 0 Å². The Morgan fingerprint density at radius 3 is 2.92 bits per heavy atom. The van der Waals surface area contributed by atoms with E-state index in [0.29, 0.717) is 12.2 Å². The molecule has 0 aromatic heterocycles. The average Bonchev–Trinajstić information content (AvgIpc) is 2.16. The molecule has 2 heteroatoms. The lowest BCUT2D eigenvalue weighted by atomic mass is 10.1. The van der Waals surface area contributed by atoms with Crippen molar-refractivity contribution < 1.29 is 4.74 Å². The fraction of sp³-hybridized carbons (Fsp3) is 0.182. The van der Waals surface area contributed by atoms with Gasteiger partial charge in [0.05, 0.1) is 11.6 Å². The SMILES string of the molecule is C=CCOc1ccc(C#N)cc1C. The van der Waals surface area contributed by atoms with E-state index in [9.17, 15) is 0 Å². The smallest absolute Gasteiger partial charge is 0.122 e. The van der Waals surface area contributed by atoms with Crippen LogP contribution in [0.1, 0.15) is 11.1 Å². The van der Waals surface area contributed by atoms with Crippen LogP contribution in [0.4, 0.5) is 0 Å². The highest BCUT2D eigenvalue weighted by atomic mass is 16.5. The predicted molar refractivity (Wildman–Crippen MR) is 51.6 cm³/mol. The van der Waals surface area contributed by atoms with Crippen LogP contribution in [0.3, 0.4) is 0 Å². The summed E-state index contributed by atoms with van der Waals surface area (Å²) in [6, 6.07) is 7.42. The Morgan fingerprint density at radius 2 is 2.38 bits per heavy atom. The summed E-state index contributed by atoms with van der Waals surface area (Å²) in [4.78, 5) is 0. The van der Waals surface area contributed by atoms with Gasteiger partial charge in [-0.1, -0.05) is 12.7 Å². The Hall–Kier alpha value is -1.75. The number of nitrogens with zero attached hydrogens (tertiary/aromatic N) is 1. The molecule has 13 heavy (non-hydrogen) atoms. The summed E-state index contributed by atoms with van der Waals surface area (Å²) in [6.07, 6.45) is 1.69. The molecular formula is C11H11NO. The minimum atomic E-state index is 0.493. The number of nitriles is 1. The fourth-order valence-corrected chi connectivity index (χ4v) is 1.03. The van der Waals surface area contributed by atoms with Gasteiger partial charge in [-0.3, -0.25) is 0 Å². The van der Waals surface area contributed by atoms with Crippen molar-refractivity contribution in [2.75, 3.05) is 6.61 Å². The lowest BCUT2D eigenvalue weighted by molar-refractivity contribution is 0.360. The van der Waals surface area contributed by atoms with Crippen LogP contribution in [0.5, 0.6) is 5.75 Å². The second-order valence-corrected chi connectivity index (χ2v) is 2.69. The normalized spacial score (nSPS) is 8.92. The van der Waals surface area contributed by atoms with Gasteiger partial charge in [-0.05, 0) is 30.7 Å². The van der Waals surface area contributed by atoms with Crippen LogP contribution >= 0.6 is 0 Å². The molecule has 0 amide bonds. The maximum atomic E-state index is 8.62. The van der Waals surface area contributed by atoms with Crippen molar-refractivity contribution in [2.45, 2.75) is 6.92 Å². The molecule has 0 atom stereocenters. The van der Waals surface area contributed by atoms with Gasteiger partial charge < -0.3 is 4.74 Å². The molecule has 0 aliphatic carbocycles. The fourth-order valence-electron chi connectivity index (χ4n) is 1.03. The van der Waals surface area contributed by atoms with Gasteiger partial charge in [0.2, 0.25) is 0 Å². The van der Waals surface area contributed by atoms with E-state index in [1.807, 2.05) is 6.92 Å². The van der Waals surface area contributed by atoms with Gasteiger partial charge >= 0.3 is 0 Å². The first-order valence-electron chi connectivity index (χ1n) is 4.02. The highest BCUT2D eigenvalue weighted by Crippen LogP contribution is 2.18. The second kappa shape index (κ2) is 4.32. The van der Waals surface area contributed by atoms with E-state index in [4.69, 9.17) is 10.00 Å². The summed E-state index contributed by atoms with van der Waals surface area (Å²) in [5, 5.41) is 8.62.